The van der Waals surface area contributed by atoms with E-state index in [2.05, 4.69) is 10.6 Å². The van der Waals surface area contributed by atoms with Crippen LogP contribution in [0.2, 0.25) is 5.02 Å². The molecule has 1 aliphatic rings. The summed E-state index contributed by atoms with van der Waals surface area (Å²) < 4.78 is 10.6. The number of carbonyl (C=O) groups is 1. The molecule has 110 valence electrons. The van der Waals surface area contributed by atoms with Gasteiger partial charge in [-0.2, -0.15) is 0 Å². The first-order chi connectivity index (χ1) is 9.69. The Balaban J connectivity index is 1.86. The summed E-state index contributed by atoms with van der Waals surface area (Å²) in [4.78, 5) is 11.9. The lowest BCUT2D eigenvalue weighted by atomic mass is 10.0. The first kappa shape index (κ1) is 14.9. The molecule has 20 heavy (non-hydrogen) atoms. The molecule has 1 fully saturated rings. The number of urea groups is 1. The van der Waals surface area contributed by atoms with E-state index >= 15 is 0 Å². The summed E-state index contributed by atoms with van der Waals surface area (Å²) >= 11 is 5.91. The van der Waals surface area contributed by atoms with Crippen LogP contribution < -0.4 is 15.4 Å². The first-order valence-corrected chi connectivity index (χ1v) is 7.03. The Bertz CT molecular complexity index is 462. The lowest BCUT2D eigenvalue weighted by Gasteiger charge is -2.22. The minimum atomic E-state index is -0.267. The molecule has 1 aliphatic heterocycles. The van der Waals surface area contributed by atoms with E-state index in [0.717, 1.165) is 19.4 Å². The van der Waals surface area contributed by atoms with Crippen LogP contribution in [0.15, 0.2) is 18.2 Å². The Hall–Kier alpha value is -1.46. The molecule has 2 N–H and O–H groups in total. The van der Waals surface area contributed by atoms with Gasteiger partial charge in [-0.05, 0) is 37.0 Å². The van der Waals surface area contributed by atoms with Crippen LogP contribution in [0.25, 0.3) is 0 Å². The number of nitrogens with one attached hydrogen (secondary N) is 2. The number of rotatable bonds is 4. The van der Waals surface area contributed by atoms with E-state index in [0.29, 0.717) is 35.5 Å². The van der Waals surface area contributed by atoms with Crippen molar-refractivity contribution in [2.45, 2.75) is 12.8 Å². The van der Waals surface area contributed by atoms with Crippen molar-refractivity contribution in [3.05, 3.63) is 23.2 Å². The van der Waals surface area contributed by atoms with Crippen LogP contribution in [0.3, 0.4) is 0 Å². The normalized spacial score (nSPS) is 18.4. The van der Waals surface area contributed by atoms with Crippen molar-refractivity contribution in [1.82, 2.24) is 5.32 Å². The monoisotopic (exact) mass is 298 g/mol. The third kappa shape index (κ3) is 4.28. The molecular weight excluding hydrogens is 280 g/mol. The number of ether oxygens (including phenoxy) is 2. The van der Waals surface area contributed by atoms with Crippen molar-refractivity contribution < 1.29 is 14.3 Å². The van der Waals surface area contributed by atoms with Crippen LogP contribution in [-0.4, -0.2) is 32.9 Å². The van der Waals surface area contributed by atoms with Gasteiger partial charge in [-0.1, -0.05) is 11.6 Å². The van der Waals surface area contributed by atoms with Gasteiger partial charge in [0.25, 0.3) is 0 Å². The third-order valence-corrected chi connectivity index (χ3v) is 3.45. The van der Waals surface area contributed by atoms with Crippen molar-refractivity contribution in [2.75, 3.05) is 32.2 Å². The number of hydrogen-bond donors (Lipinski definition) is 2. The molecule has 5 nitrogen and oxygen atoms in total. The van der Waals surface area contributed by atoms with E-state index in [-0.39, 0.29) is 6.03 Å². The summed E-state index contributed by atoms with van der Waals surface area (Å²) in [5.74, 6) is 0.960. The van der Waals surface area contributed by atoms with Gasteiger partial charge in [0.05, 0.1) is 19.4 Å². The van der Waals surface area contributed by atoms with Gasteiger partial charge >= 0.3 is 6.03 Å². The van der Waals surface area contributed by atoms with Crippen LogP contribution in [0.5, 0.6) is 5.75 Å². The topological polar surface area (TPSA) is 59.6 Å². The van der Waals surface area contributed by atoms with Crippen molar-refractivity contribution in [3.63, 3.8) is 0 Å². The number of anilines is 1. The number of halogens is 1. The zero-order chi connectivity index (χ0) is 14.4. The van der Waals surface area contributed by atoms with E-state index in [4.69, 9.17) is 21.1 Å². The Kier molecular flexibility index (Phi) is 5.49. The van der Waals surface area contributed by atoms with Gasteiger partial charge in [0.1, 0.15) is 5.75 Å². The SMILES string of the molecule is COc1ccc(Cl)cc1NC(=O)NC[C@@H]1CCCOC1. The zero-order valence-corrected chi connectivity index (χ0v) is 12.2. The molecule has 0 aromatic heterocycles. The largest absolute Gasteiger partial charge is 0.495 e. The van der Waals surface area contributed by atoms with E-state index in [1.807, 2.05) is 0 Å². The number of benzene rings is 1. The van der Waals surface area contributed by atoms with Gasteiger partial charge in [-0.25, -0.2) is 4.79 Å². The summed E-state index contributed by atoms with van der Waals surface area (Å²) in [6, 6.07) is 4.82. The number of amides is 2. The second kappa shape index (κ2) is 7.36. The maximum Gasteiger partial charge on any atom is 0.319 e. The van der Waals surface area contributed by atoms with Crippen LogP contribution >= 0.6 is 11.6 Å². The van der Waals surface area contributed by atoms with Crippen LogP contribution in [0.4, 0.5) is 10.5 Å². The van der Waals surface area contributed by atoms with Crippen molar-refractivity contribution in [2.24, 2.45) is 5.92 Å². The molecule has 0 aliphatic carbocycles. The fourth-order valence-electron chi connectivity index (χ4n) is 2.15. The molecule has 1 heterocycles. The highest BCUT2D eigenvalue weighted by Gasteiger charge is 2.15. The highest BCUT2D eigenvalue weighted by molar-refractivity contribution is 6.31. The molecule has 6 heteroatoms. The van der Waals surface area contributed by atoms with E-state index in [1.165, 1.54) is 0 Å². The van der Waals surface area contributed by atoms with Crippen LogP contribution in [-0.2, 0) is 4.74 Å². The lowest BCUT2D eigenvalue weighted by Crippen LogP contribution is -2.35. The molecule has 0 spiro atoms. The summed E-state index contributed by atoms with van der Waals surface area (Å²) in [5.41, 5.74) is 0.553. The van der Waals surface area contributed by atoms with Gasteiger partial charge in [-0.3, -0.25) is 0 Å². The summed E-state index contributed by atoms with van der Waals surface area (Å²) in [5, 5.41) is 6.13. The summed E-state index contributed by atoms with van der Waals surface area (Å²) in [6.07, 6.45) is 2.14. The van der Waals surface area contributed by atoms with Crippen LogP contribution in [0.1, 0.15) is 12.8 Å². The van der Waals surface area contributed by atoms with Crippen molar-refractivity contribution in [3.8, 4) is 5.75 Å². The average molecular weight is 299 g/mol. The standard InChI is InChI=1S/C14H19ClN2O3/c1-19-13-5-4-11(15)7-12(13)17-14(18)16-8-10-3-2-6-20-9-10/h4-5,7,10H,2-3,6,8-9H2,1H3,(H2,16,17,18)/t10-/m0/s1. The number of hydrogen-bond acceptors (Lipinski definition) is 3. The molecule has 1 aromatic carbocycles. The van der Waals surface area contributed by atoms with Crippen LogP contribution in [0, 0.1) is 5.92 Å². The fraction of sp³-hybridized carbons (Fsp3) is 0.500. The quantitative estimate of drug-likeness (QED) is 0.898. The van der Waals surface area contributed by atoms with Gasteiger partial charge in [0.2, 0.25) is 0 Å². The second-order valence-corrected chi connectivity index (χ2v) is 5.20. The zero-order valence-electron chi connectivity index (χ0n) is 11.4. The second-order valence-electron chi connectivity index (χ2n) is 4.76. The number of carbonyl (C=O) groups excluding carboxylic acids is 1. The number of methoxy groups -OCH3 is 1. The fourth-order valence-corrected chi connectivity index (χ4v) is 2.32. The smallest absolute Gasteiger partial charge is 0.319 e. The summed E-state index contributed by atoms with van der Waals surface area (Å²) in [6.45, 7) is 2.14. The molecule has 1 atom stereocenters. The van der Waals surface area contributed by atoms with Crippen molar-refractivity contribution >= 4 is 23.3 Å². The molecule has 0 radical (unpaired) electrons. The van der Waals surface area contributed by atoms with Gasteiger partial charge in [-0.15, -0.1) is 0 Å². The van der Waals surface area contributed by atoms with Crippen molar-refractivity contribution in [1.29, 1.82) is 0 Å². The molecule has 0 bridgehead atoms. The predicted octanol–water partition coefficient (Wildman–Crippen LogP) is 2.90. The molecule has 2 rings (SSSR count). The highest BCUT2D eigenvalue weighted by atomic mass is 35.5. The first-order valence-electron chi connectivity index (χ1n) is 6.65. The molecule has 0 unspecified atom stereocenters. The molecule has 1 aromatic rings. The summed E-state index contributed by atoms with van der Waals surface area (Å²) in [7, 11) is 1.55. The maximum atomic E-state index is 11.9. The third-order valence-electron chi connectivity index (χ3n) is 3.22. The van der Waals surface area contributed by atoms with Gasteiger partial charge < -0.3 is 20.1 Å². The van der Waals surface area contributed by atoms with E-state index in [9.17, 15) is 4.79 Å². The minimum absolute atomic E-state index is 0.267. The van der Waals surface area contributed by atoms with E-state index < -0.39 is 0 Å². The Morgan fingerprint density at radius 3 is 3.10 bits per heavy atom. The van der Waals surface area contributed by atoms with Gasteiger partial charge in [0, 0.05) is 18.2 Å². The lowest BCUT2D eigenvalue weighted by molar-refractivity contribution is 0.0559. The average Bonchev–Trinajstić information content (AvgIpc) is 2.46. The highest BCUT2D eigenvalue weighted by Crippen LogP contribution is 2.27. The molecular formula is C14H19ClN2O3. The molecule has 1 saturated heterocycles. The van der Waals surface area contributed by atoms with E-state index in [1.54, 1.807) is 25.3 Å². The Morgan fingerprint density at radius 1 is 1.55 bits per heavy atom. The predicted molar refractivity (Wildman–Crippen MR) is 78.6 cm³/mol. The Morgan fingerprint density at radius 2 is 2.40 bits per heavy atom. The Labute approximate surface area is 123 Å². The minimum Gasteiger partial charge on any atom is -0.495 e. The van der Waals surface area contributed by atoms with Gasteiger partial charge in [0.15, 0.2) is 0 Å². The maximum absolute atomic E-state index is 11.9. The molecule has 2 amide bonds. The molecule has 0 saturated carbocycles.